The van der Waals surface area contributed by atoms with Crippen LogP contribution in [0.2, 0.25) is 5.02 Å². The van der Waals surface area contributed by atoms with Crippen LogP contribution in [0.1, 0.15) is 56.7 Å². The summed E-state index contributed by atoms with van der Waals surface area (Å²) in [6.45, 7) is 10.2. The topological polar surface area (TPSA) is 81.6 Å². The number of carboxylic acid groups (broad SMARTS) is 1. The Bertz CT molecular complexity index is 1380. The molecule has 3 fully saturated rings. The second-order valence-corrected chi connectivity index (χ2v) is 12.7. The number of anilines is 2. The Labute approximate surface area is 235 Å². The highest BCUT2D eigenvalue weighted by Crippen LogP contribution is 2.45. The zero-order valence-electron chi connectivity index (χ0n) is 23.0. The average Bonchev–Trinajstić information content (AvgIpc) is 2.86. The highest BCUT2D eigenvalue weighted by atomic mass is 35.5. The van der Waals surface area contributed by atoms with Gasteiger partial charge in [0.05, 0.1) is 17.0 Å². The molecule has 2 aliphatic heterocycles. The summed E-state index contributed by atoms with van der Waals surface area (Å²) in [5.74, 6) is 2.23. The third-order valence-electron chi connectivity index (χ3n) is 9.32. The zero-order chi connectivity index (χ0) is 27.3. The number of aliphatic carboxylic acids is 1. The van der Waals surface area contributed by atoms with Gasteiger partial charge in [-0.3, -0.25) is 4.79 Å². The molecule has 6 rings (SSSR count). The monoisotopic (exact) mass is 547 g/mol. The molecular formula is C31H38ClN5O2. The Morgan fingerprint density at radius 1 is 1.13 bits per heavy atom. The second kappa shape index (κ2) is 10.3. The minimum Gasteiger partial charge on any atom is -0.481 e. The molecule has 1 aliphatic carbocycles. The summed E-state index contributed by atoms with van der Waals surface area (Å²) in [7, 11) is 0. The summed E-state index contributed by atoms with van der Waals surface area (Å²) in [5.41, 5.74) is 2.59. The van der Waals surface area contributed by atoms with Gasteiger partial charge in [0.2, 0.25) is 5.95 Å². The third kappa shape index (κ3) is 5.07. The van der Waals surface area contributed by atoms with Crippen LogP contribution < -0.4 is 10.2 Å². The van der Waals surface area contributed by atoms with E-state index in [1.54, 1.807) is 0 Å². The number of carbonyl (C=O) groups is 1. The van der Waals surface area contributed by atoms with E-state index in [2.05, 4.69) is 46.3 Å². The smallest absolute Gasteiger partial charge is 0.309 e. The summed E-state index contributed by atoms with van der Waals surface area (Å²) >= 11 is 6.57. The maximum atomic E-state index is 11.5. The van der Waals surface area contributed by atoms with Gasteiger partial charge in [0.25, 0.3) is 0 Å². The van der Waals surface area contributed by atoms with E-state index in [9.17, 15) is 9.90 Å². The Kier molecular flexibility index (Phi) is 6.92. The van der Waals surface area contributed by atoms with Gasteiger partial charge in [-0.25, -0.2) is 4.98 Å². The van der Waals surface area contributed by atoms with Crippen LogP contribution in [-0.4, -0.2) is 58.2 Å². The molecule has 2 atom stereocenters. The minimum atomic E-state index is -0.650. The van der Waals surface area contributed by atoms with Gasteiger partial charge >= 0.3 is 5.97 Å². The van der Waals surface area contributed by atoms with Crippen LogP contribution in [0.5, 0.6) is 0 Å². The quantitative estimate of drug-likeness (QED) is 0.366. The molecule has 206 valence electrons. The van der Waals surface area contributed by atoms with Gasteiger partial charge in [-0.05, 0) is 94.2 Å². The molecule has 1 saturated carbocycles. The molecule has 1 aromatic heterocycles. The van der Waals surface area contributed by atoms with Crippen LogP contribution in [-0.2, 0) is 4.79 Å². The highest BCUT2D eigenvalue weighted by molar-refractivity contribution is 6.31. The summed E-state index contributed by atoms with van der Waals surface area (Å²) in [6.07, 6.45) is 4.00. The molecule has 2 aromatic carbocycles. The molecule has 3 aromatic rings. The Morgan fingerprint density at radius 3 is 2.64 bits per heavy atom. The predicted octanol–water partition coefficient (Wildman–Crippen LogP) is 6.17. The van der Waals surface area contributed by atoms with Gasteiger partial charge < -0.3 is 20.2 Å². The SMILES string of the molecule is Cc1ccc([C@@H](C)Nc2nc(N3CC([C@H]4CCCN(C5CC(C)(C(=O)O)C5)C4)C3)nc3ccccc23)c(Cl)c1. The molecule has 2 N–H and O–H groups in total. The van der Waals surface area contributed by atoms with Crippen molar-refractivity contribution >= 4 is 40.2 Å². The van der Waals surface area contributed by atoms with E-state index < -0.39 is 11.4 Å². The summed E-state index contributed by atoms with van der Waals surface area (Å²) < 4.78 is 0. The number of nitrogens with one attached hydrogen (secondary N) is 1. The maximum Gasteiger partial charge on any atom is 0.309 e. The van der Waals surface area contributed by atoms with E-state index in [1.165, 1.54) is 12.8 Å². The summed E-state index contributed by atoms with van der Waals surface area (Å²) in [6, 6.07) is 14.8. The fraction of sp³-hybridized carbons (Fsp3) is 0.516. The van der Waals surface area contributed by atoms with E-state index >= 15 is 0 Å². The van der Waals surface area contributed by atoms with Gasteiger partial charge in [-0.1, -0.05) is 35.9 Å². The van der Waals surface area contributed by atoms with Crippen molar-refractivity contribution in [2.45, 2.75) is 58.5 Å². The number of hydrogen-bond donors (Lipinski definition) is 2. The van der Waals surface area contributed by atoms with Crippen LogP contribution in [0, 0.1) is 24.2 Å². The van der Waals surface area contributed by atoms with Crippen molar-refractivity contribution in [2.24, 2.45) is 17.3 Å². The number of halogens is 1. The maximum absolute atomic E-state index is 11.5. The van der Waals surface area contributed by atoms with Crippen molar-refractivity contribution in [3.05, 3.63) is 58.6 Å². The Balaban J connectivity index is 1.14. The molecule has 3 aliphatic rings. The molecular weight excluding hydrogens is 510 g/mol. The fourth-order valence-corrected chi connectivity index (χ4v) is 7.12. The highest BCUT2D eigenvalue weighted by Gasteiger charge is 2.49. The normalized spacial score (nSPS) is 26.6. The van der Waals surface area contributed by atoms with Crippen LogP contribution >= 0.6 is 11.6 Å². The molecule has 0 spiro atoms. The molecule has 0 unspecified atom stereocenters. The number of piperidine rings is 1. The fourth-order valence-electron chi connectivity index (χ4n) is 6.73. The van der Waals surface area contributed by atoms with Gasteiger partial charge in [-0.15, -0.1) is 0 Å². The number of nitrogens with zero attached hydrogens (tertiary/aromatic N) is 4. The lowest BCUT2D eigenvalue weighted by Crippen LogP contribution is -2.58. The molecule has 0 radical (unpaired) electrons. The second-order valence-electron chi connectivity index (χ2n) is 12.3. The van der Waals surface area contributed by atoms with Crippen LogP contribution in [0.25, 0.3) is 10.9 Å². The average molecular weight is 548 g/mol. The van der Waals surface area contributed by atoms with E-state index in [-0.39, 0.29) is 6.04 Å². The Morgan fingerprint density at radius 2 is 1.90 bits per heavy atom. The largest absolute Gasteiger partial charge is 0.481 e. The molecule has 0 bridgehead atoms. The summed E-state index contributed by atoms with van der Waals surface area (Å²) in [5, 5.41) is 14.9. The lowest BCUT2D eigenvalue weighted by atomic mass is 9.65. The molecule has 8 heteroatoms. The van der Waals surface area contributed by atoms with Gasteiger partial charge in [0.1, 0.15) is 5.82 Å². The number of aryl methyl sites for hydroxylation is 1. The molecule has 0 amide bonds. The zero-order valence-corrected chi connectivity index (χ0v) is 23.8. The molecule has 3 heterocycles. The van der Waals surface area contributed by atoms with E-state index in [4.69, 9.17) is 21.6 Å². The summed E-state index contributed by atoms with van der Waals surface area (Å²) in [4.78, 5) is 26.3. The number of fused-ring (bicyclic) bond motifs is 1. The first kappa shape index (κ1) is 26.3. The van der Waals surface area contributed by atoms with Gasteiger partial charge in [-0.2, -0.15) is 4.98 Å². The van der Waals surface area contributed by atoms with E-state index in [1.807, 2.05) is 32.0 Å². The molecule has 39 heavy (non-hydrogen) atoms. The number of para-hydroxylation sites is 1. The predicted molar refractivity (Wildman–Crippen MR) is 157 cm³/mol. The van der Waals surface area contributed by atoms with Crippen molar-refractivity contribution in [1.29, 1.82) is 0 Å². The number of hydrogen-bond acceptors (Lipinski definition) is 6. The lowest BCUT2D eigenvalue weighted by molar-refractivity contribution is -0.158. The number of likely N-dealkylation sites (tertiary alicyclic amines) is 1. The van der Waals surface area contributed by atoms with Crippen LogP contribution in [0.15, 0.2) is 42.5 Å². The van der Waals surface area contributed by atoms with Crippen molar-refractivity contribution in [3.8, 4) is 0 Å². The van der Waals surface area contributed by atoms with Gasteiger partial charge in [0.15, 0.2) is 0 Å². The van der Waals surface area contributed by atoms with Crippen molar-refractivity contribution < 1.29 is 9.90 Å². The number of rotatable bonds is 7. The first-order chi connectivity index (χ1) is 18.7. The van der Waals surface area contributed by atoms with Gasteiger partial charge in [0, 0.05) is 36.1 Å². The van der Waals surface area contributed by atoms with Crippen molar-refractivity contribution in [1.82, 2.24) is 14.9 Å². The number of benzene rings is 2. The van der Waals surface area contributed by atoms with Crippen LogP contribution in [0.3, 0.4) is 0 Å². The minimum absolute atomic E-state index is 0.00361. The third-order valence-corrected chi connectivity index (χ3v) is 9.65. The van der Waals surface area contributed by atoms with Crippen LogP contribution in [0.4, 0.5) is 11.8 Å². The first-order valence-corrected chi connectivity index (χ1v) is 14.6. The standard InChI is InChI=1S/C31H38ClN5O2/c1-19-10-11-24(26(32)13-19)20(2)33-28-25-8-4-5-9-27(25)34-30(35-28)37-17-22(18-37)21-7-6-12-36(16-21)23-14-31(3,15-23)29(38)39/h4-5,8-11,13,20-23H,6-7,12,14-18H2,1-3H3,(H,38,39)(H,33,34,35)/t20-,21+,23?,31?/m1/s1. The lowest BCUT2D eigenvalue weighted by Gasteiger charge is -2.52. The number of aromatic nitrogens is 2. The molecule has 7 nitrogen and oxygen atoms in total. The van der Waals surface area contributed by atoms with E-state index in [0.717, 1.165) is 77.8 Å². The van der Waals surface area contributed by atoms with Crippen molar-refractivity contribution in [3.63, 3.8) is 0 Å². The first-order valence-electron chi connectivity index (χ1n) is 14.2. The van der Waals surface area contributed by atoms with Crippen molar-refractivity contribution in [2.75, 3.05) is 36.4 Å². The molecule has 2 saturated heterocycles. The number of carboxylic acids is 1. The van der Waals surface area contributed by atoms with E-state index in [0.29, 0.717) is 17.9 Å². The Hall–Kier alpha value is -2.90.